The highest BCUT2D eigenvalue weighted by atomic mass is 19.3. The quantitative estimate of drug-likeness (QED) is 0.437. The van der Waals surface area contributed by atoms with Gasteiger partial charge in [-0.3, -0.25) is 9.59 Å². The van der Waals surface area contributed by atoms with Gasteiger partial charge in [-0.25, -0.2) is 13.6 Å². The van der Waals surface area contributed by atoms with Crippen molar-refractivity contribution in [1.82, 2.24) is 0 Å². The van der Waals surface area contributed by atoms with E-state index in [0.717, 1.165) is 0 Å². The van der Waals surface area contributed by atoms with Crippen molar-refractivity contribution in [2.45, 2.75) is 32.6 Å². The second-order valence-electron chi connectivity index (χ2n) is 5.20. The summed E-state index contributed by atoms with van der Waals surface area (Å²) in [6, 6.07) is 0. The number of esters is 1. The topological polar surface area (TPSA) is 60.4 Å². The van der Waals surface area contributed by atoms with Crippen molar-refractivity contribution >= 4 is 17.5 Å². The Morgan fingerprint density at radius 2 is 2.06 bits per heavy atom. The summed E-state index contributed by atoms with van der Waals surface area (Å²) in [6.45, 7) is 2.82. The molecule has 0 aromatic rings. The molecule has 0 amide bonds. The monoisotopic (exact) mass is 260 g/mol. The Labute approximate surface area is 103 Å². The Morgan fingerprint density at radius 3 is 2.56 bits per heavy atom. The van der Waals surface area contributed by atoms with Crippen LogP contribution in [0.2, 0.25) is 0 Å². The lowest BCUT2D eigenvalue weighted by Crippen LogP contribution is -2.67. The van der Waals surface area contributed by atoms with Gasteiger partial charge < -0.3 is 4.74 Å². The van der Waals surface area contributed by atoms with E-state index in [1.807, 2.05) is 0 Å². The number of ketones is 2. The predicted octanol–water partition coefficient (Wildman–Crippen LogP) is 1.37. The van der Waals surface area contributed by atoms with Gasteiger partial charge in [-0.15, -0.1) is 0 Å². The van der Waals surface area contributed by atoms with Gasteiger partial charge in [-0.2, -0.15) is 0 Å². The number of carbonyl (C=O) groups excluding carboxylic acids is 3. The fraction of sp³-hybridized carbons (Fsp3) is 0.750. The lowest BCUT2D eigenvalue weighted by atomic mass is 9.47. The van der Waals surface area contributed by atoms with E-state index in [1.54, 1.807) is 0 Å². The largest absolute Gasteiger partial charge is 0.460 e. The first-order chi connectivity index (χ1) is 8.24. The highest BCUT2D eigenvalue weighted by molar-refractivity contribution is 6.38. The molecule has 0 heterocycles. The van der Waals surface area contributed by atoms with Crippen LogP contribution in [0.3, 0.4) is 0 Å². The molecule has 0 aromatic heterocycles. The van der Waals surface area contributed by atoms with Crippen molar-refractivity contribution < 1.29 is 27.9 Å². The lowest BCUT2D eigenvalue weighted by molar-refractivity contribution is -0.270. The summed E-state index contributed by atoms with van der Waals surface area (Å²) in [4.78, 5) is 34.7. The number of halogens is 2. The molecule has 3 aliphatic carbocycles. The van der Waals surface area contributed by atoms with Gasteiger partial charge in [-0.1, -0.05) is 6.92 Å². The van der Waals surface area contributed by atoms with E-state index in [9.17, 15) is 23.2 Å². The van der Waals surface area contributed by atoms with Crippen LogP contribution in [0.1, 0.15) is 26.7 Å². The van der Waals surface area contributed by atoms with Crippen molar-refractivity contribution in [3.63, 3.8) is 0 Å². The minimum atomic E-state index is -3.06. The van der Waals surface area contributed by atoms with E-state index >= 15 is 0 Å². The van der Waals surface area contributed by atoms with Crippen molar-refractivity contribution in [2.24, 2.45) is 17.3 Å². The van der Waals surface area contributed by atoms with E-state index in [2.05, 4.69) is 4.74 Å². The number of fused-ring (bicyclic) bond motifs is 2. The third kappa shape index (κ3) is 1.51. The molecular weight excluding hydrogens is 246 g/mol. The molecule has 18 heavy (non-hydrogen) atoms. The molecule has 0 saturated heterocycles. The first-order valence-corrected chi connectivity index (χ1v) is 5.86. The summed E-state index contributed by atoms with van der Waals surface area (Å²) < 4.78 is 32.1. The average Bonchev–Trinajstić information content (AvgIpc) is 2.27. The molecule has 0 spiro atoms. The molecule has 0 radical (unpaired) electrons. The Morgan fingerprint density at radius 1 is 1.44 bits per heavy atom. The third-order valence-electron chi connectivity index (χ3n) is 4.01. The first kappa shape index (κ1) is 13.1. The summed E-state index contributed by atoms with van der Waals surface area (Å²) in [6.07, 6.45) is -0.256. The van der Waals surface area contributed by atoms with Crippen molar-refractivity contribution in [1.29, 1.82) is 0 Å². The van der Waals surface area contributed by atoms with Gasteiger partial charge in [0, 0.05) is 17.8 Å². The van der Waals surface area contributed by atoms with Crippen LogP contribution in [-0.2, 0) is 19.1 Å². The van der Waals surface area contributed by atoms with E-state index in [4.69, 9.17) is 0 Å². The maximum absolute atomic E-state index is 13.8. The number of rotatable bonds is 3. The van der Waals surface area contributed by atoms with Gasteiger partial charge >= 0.3 is 5.97 Å². The number of Topliss-reactive ketones (excluding diaryl/α,β-unsaturated/α-hetero) is 2. The zero-order valence-electron chi connectivity index (χ0n) is 10.2. The second-order valence-corrected chi connectivity index (χ2v) is 5.20. The van der Waals surface area contributed by atoms with Crippen LogP contribution in [0.15, 0.2) is 0 Å². The van der Waals surface area contributed by atoms with Gasteiger partial charge in [0.2, 0.25) is 0 Å². The van der Waals surface area contributed by atoms with Crippen LogP contribution in [0.4, 0.5) is 8.78 Å². The van der Waals surface area contributed by atoms with Crippen LogP contribution in [0.25, 0.3) is 0 Å². The molecule has 3 rings (SSSR count). The van der Waals surface area contributed by atoms with Gasteiger partial charge in [-0.05, 0) is 13.3 Å². The second kappa shape index (κ2) is 3.83. The normalized spacial score (nSPS) is 36.8. The standard InChI is InChI=1S/C12H14F2O4/c1-3-18-10(17)9(16)8-6-4-11(2,5-7(8)15)12(6,13)14/h6,8H,3-5H2,1-2H3. The zero-order valence-corrected chi connectivity index (χ0v) is 10.2. The van der Waals surface area contributed by atoms with Gasteiger partial charge in [0.25, 0.3) is 11.7 Å². The number of carbonyl (C=O) groups is 3. The Balaban J connectivity index is 2.22. The van der Waals surface area contributed by atoms with Crippen molar-refractivity contribution in [3.05, 3.63) is 0 Å². The van der Waals surface area contributed by atoms with E-state index < -0.39 is 40.7 Å². The number of ether oxygens (including phenoxy) is 1. The van der Waals surface area contributed by atoms with Crippen molar-refractivity contribution in [3.8, 4) is 0 Å². The highest BCUT2D eigenvalue weighted by Gasteiger charge is 2.73. The van der Waals surface area contributed by atoms with Crippen LogP contribution in [0.5, 0.6) is 0 Å². The molecule has 0 aliphatic heterocycles. The van der Waals surface area contributed by atoms with Crippen molar-refractivity contribution in [2.75, 3.05) is 6.61 Å². The van der Waals surface area contributed by atoms with Crippen LogP contribution < -0.4 is 0 Å². The molecule has 3 unspecified atom stereocenters. The summed E-state index contributed by atoms with van der Waals surface area (Å²) >= 11 is 0. The van der Waals surface area contributed by atoms with E-state index in [0.29, 0.717) is 0 Å². The Kier molecular flexibility index (Phi) is 2.79. The van der Waals surface area contributed by atoms with Crippen LogP contribution in [-0.4, -0.2) is 30.1 Å². The highest BCUT2D eigenvalue weighted by Crippen LogP contribution is 2.66. The summed E-state index contributed by atoms with van der Waals surface area (Å²) in [5.74, 6) is -8.83. The molecule has 4 nitrogen and oxygen atoms in total. The minimum absolute atomic E-state index is 0.0236. The predicted molar refractivity (Wildman–Crippen MR) is 55.9 cm³/mol. The first-order valence-electron chi connectivity index (χ1n) is 5.86. The molecule has 3 saturated carbocycles. The maximum atomic E-state index is 13.8. The van der Waals surface area contributed by atoms with Gasteiger partial charge in [0.05, 0.1) is 12.5 Å². The average molecular weight is 260 g/mol. The SMILES string of the molecule is CCOC(=O)C(=O)C1C(=O)CC2(C)CC1C2(F)F. The molecule has 6 heteroatoms. The molecule has 3 fully saturated rings. The Hall–Kier alpha value is -1.33. The smallest absolute Gasteiger partial charge is 0.375 e. The minimum Gasteiger partial charge on any atom is -0.460 e. The molecule has 3 aliphatic rings. The molecule has 0 N–H and O–H groups in total. The third-order valence-corrected chi connectivity index (χ3v) is 4.01. The number of hydrogen-bond donors (Lipinski definition) is 0. The fourth-order valence-electron chi connectivity index (χ4n) is 2.96. The Bertz CT molecular complexity index is 432. The van der Waals surface area contributed by atoms with Gasteiger partial charge in [0.1, 0.15) is 5.78 Å². The lowest BCUT2D eigenvalue weighted by Gasteiger charge is -2.58. The van der Waals surface area contributed by atoms with Gasteiger partial charge in [0.15, 0.2) is 0 Å². The summed E-state index contributed by atoms with van der Waals surface area (Å²) in [5.41, 5.74) is -1.35. The molecule has 3 atom stereocenters. The van der Waals surface area contributed by atoms with Crippen LogP contribution >= 0.6 is 0 Å². The summed E-state index contributed by atoms with van der Waals surface area (Å²) in [7, 11) is 0. The summed E-state index contributed by atoms with van der Waals surface area (Å²) in [5, 5.41) is 0. The zero-order chi connectivity index (χ0) is 13.7. The molecule has 0 aromatic carbocycles. The van der Waals surface area contributed by atoms with Crippen LogP contribution in [0, 0.1) is 17.3 Å². The molecular formula is C12H14F2O4. The van der Waals surface area contributed by atoms with E-state index in [1.165, 1.54) is 13.8 Å². The fourth-order valence-corrected chi connectivity index (χ4v) is 2.96. The number of hydrogen-bond acceptors (Lipinski definition) is 4. The maximum Gasteiger partial charge on any atom is 0.375 e. The molecule has 2 bridgehead atoms. The number of alkyl halides is 2. The molecule has 100 valence electrons. The van der Waals surface area contributed by atoms with E-state index in [-0.39, 0.29) is 19.4 Å².